The third-order valence-electron chi connectivity index (χ3n) is 3.28. The van der Waals surface area contributed by atoms with Crippen molar-refractivity contribution in [2.45, 2.75) is 33.2 Å². The topological polar surface area (TPSA) is 66.9 Å². The maximum atomic E-state index is 12.0. The van der Waals surface area contributed by atoms with Gasteiger partial charge in [-0.15, -0.1) is 0 Å². The van der Waals surface area contributed by atoms with Gasteiger partial charge in [0.15, 0.2) is 0 Å². The van der Waals surface area contributed by atoms with Crippen LogP contribution in [-0.4, -0.2) is 22.4 Å². The fourth-order valence-electron chi connectivity index (χ4n) is 1.93. The van der Waals surface area contributed by atoms with Crippen LogP contribution in [0.3, 0.4) is 0 Å². The zero-order valence-corrected chi connectivity index (χ0v) is 13.1. The summed E-state index contributed by atoms with van der Waals surface area (Å²) in [5, 5.41) is 5.99. The van der Waals surface area contributed by atoms with Crippen molar-refractivity contribution in [3.63, 3.8) is 0 Å². The van der Waals surface area contributed by atoms with Crippen molar-refractivity contribution in [2.24, 2.45) is 0 Å². The molecule has 0 aliphatic carbocycles. The second kappa shape index (κ2) is 8.12. The first-order chi connectivity index (χ1) is 10.7. The Balaban J connectivity index is 1.93. The minimum atomic E-state index is -0.158. The van der Waals surface area contributed by atoms with Gasteiger partial charge in [-0.1, -0.05) is 43.2 Å². The van der Waals surface area contributed by atoms with Gasteiger partial charge in [0.2, 0.25) is 5.95 Å². The monoisotopic (exact) mass is 298 g/mol. The lowest BCUT2D eigenvalue weighted by molar-refractivity contribution is 0.0948. The minimum Gasteiger partial charge on any atom is -0.351 e. The normalized spacial score (nSPS) is 10.3. The number of nitrogens with zero attached hydrogens (tertiary/aromatic N) is 2. The molecule has 5 heteroatoms. The Morgan fingerprint density at radius 2 is 1.95 bits per heavy atom. The quantitative estimate of drug-likeness (QED) is 0.771. The van der Waals surface area contributed by atoms with Gasteiger partial charge in [-0.2, -0.15) is 0 Å². The number of unbranched alkanes of at least 4 members (excludes halogenated alkanes) is 1. The van der Waals surface area contributed by atoms with Gasteiger partial charge in [0.1, 0.15) is 5.69 Å². The lowest BCUT2D eigenvalue weighted by atomic mass is 10.1. The van der Waals surface area contributed by atoms with Gasteiger partial charge < -0.3 is 10.6 Å². The van der Waals surface area contributed by atoms with Gasteiger partial charge in [-0.25, -0.2) is 9.97 Å². The second-order valence-corrected chi connectivity index (χ2v) is 5.21. The molecule has 1 heterocycles. The fraction of sp³-hybridized carbons (Fsp3) is 0.353. The number of hydrogen-bond donors (Lipinski definition) is 2. The van der Waals surface area contributed by atoms with E-state index in [1.165, 1.54) is 5.56 Å². The molecule has 5 nitrogen and oxygen atoms in total. The predicted octanol–water partition coefficient (Wildman–Crippen LogP) is 2.93. The van der Waals surface area contributed by atoms with E-state index < -0.39 is 0 Å². The molecular weight excluding hydrogens is 276 g/mol. The number of aryl methyl sites for hydroxylation is 1. The summed E-state index contributed by atoms with van der Waals surface area (Å²) in [6, 6.07) is 9.87. The Bertz CT molecular complexity index is 610. The summed E-state index contributed by atoms with van der Waals surface area (Å²) < 4.78 is 0. The summed E-state index contributed by atoms with van der Waals surface area (Å²) in [7, 11) is 0. The Morgan fingerprint density at radius 1 is 1.18 bits per heavy atom. The summed E-state index contributed by atoms with van der Waals surface area (Å²) in [6.45, 7) is 5.44. The number of rotatable bonds is 7. The van der Waals surface area contributed by atoms with E-state index in [1.54, 1.807) is 12.3 Å². The van der Waals surface area contributed by atoms with E-state index in [4.69, 9.17) is 0 Å². The van der Waals surface area contributed by atoms with Crippen LogP contribution in [0.5, 0.6) is 0 Å². The van der Waals surface area contributed by atoms with Crippen molar-refractivity contribution in [1.82, 2.24) is 15.3 Å². The Kier molecular flexibility index (Phi) is 5.89. The average molecular weight is 298 g/mol. The molecule has 0 saturated heterocycles. The third-order valence-corrected chi connectivity index (χ3v) is 3.28. The van der Waals surface area contributed by atoms with Crippen molar-refractivity contribution < 1.29 is 4.79 Å². The van der Waals surface area contributed by atoms with E-state index in [2.05, 4.69) is 58.7 Å². The maximum absolute atomic E-state index is 12.0. The standard InChI is InChI=1S/C17H22N4O/c1-3-4-10-18-16(22)15-9-11-19-17(21-15)20-12-14-7-5-13(2)6-8-14/h5-9,11H,3-4,10,12H2,1-2H3,(H,18,22)(H,19,20,21). The number of nitrogens with one attached hydrogen (secondary N) is 2. The van der Waals surface area contributed by atoms with Gasteiger partial charge >= 0.3 is 0 Å². The molecule has 0 bridgehead atoms. The molecule has 0 unspecified atom stereocenters. The molecular formula is C17H22N4O. The zero-order chi connectivity index (χ0) is 15.8. The van der Waals surface area contributed by atoms with Crippen LogP contribution in [0.1, 0.15) is 41.4 Å². The Morgan fingerprint density at radius 3 is 2.68 bits per heavy atom. The lowest BCUT2D eigenvalue weighted by Crippen LogP contribution is -2.25. The molecule has 2 aromatic rings. The molecule has 22 heavy (non-hydrogen) atoms. The van der Waals surface area contributed by atoms with Crippen LogP contribution in [0.25, 0.3) is 0 Å². The zero-order valence-electron chi connectivity index (χ0n) is 13.1. The van der Waals surface area contributed by atoms with Gasteiger partial charge in [0.25, 0.3) is 5.91 Å². The summed E-state index contributed by atoms with van der Waals surface area (Å²) in [6.07, 6.45) is 3.61. The van der Waals surface area contributed by atoms with Gasteiger partial charge in [0.05, 0.1) is 0 Å². The van der Waals surface area contributed by atoms with Crippen molar-refractivity contribution in [2.75, 3.05) is 11.9 Å². The number of benzene rings is 1. The number of aromatic nitrogens is 2. The smallest absolute Gasteiger partial charge is 0.270 e. The number of carbonyl (C=O) groups excluding carboxylic acids is 1. The maximum Gasteiger partial charge on any atom is 0.270 e. The van der Waals surface area contributed by atoms with Crippen LogP contribution in [-0.2, 0) is 6.54 Å². The van der Waals surface area contributed by atoms with Gasteiger partial charge in [-0.05, 0) is 25.0 Å². The van der Waals surface area contributed by atoms with E-state index in [9.17, 15) is 4.79 Å². The molecule has 0 radical (unpaired) electrons. The molecule has 2 rings (SSSR count). The number of carbonyl (C=O) groups is 1. The molecule has 0 saturated carbocycles. The van der Waals surface area contributed by atoms with Gasteiger partial charge in [-0.3, -0.25) is 4.79 Å². The summed E-state index contributed by atoms with van der Waals surface area (Å²) >= 11 is 0. The van der Waals surface area contributed by atoms with E-state index in [-0.39, 0.29) is 5.91 Å². The Hall–Kier alpha value is -2.43. The van der Waals surface area contributed by atoms with E-state index in [1.807, 2.05) is 0 Å². The van der Waals surface area contributed by atoms with Crippen LogP contribution < -0.4 is 10.6 Å². The van der Waals surface area contributed by atoms with Crippen LogP contribution in [0, 0.1) is 6.92 Å². The molecule has 1 amide bonds. The third kappa shape index (κ3) is 4.84. The van der Waals surface area contributed by atoms with Crippen molar-refractivity contribution in [3.8, 4) is 0 Å². The van der Waals surface area contributed by atoms with Crippen LogP contribution in [0.2, 0.25) is 0 Å². The van der Waals surface area contributed by atoms with E-state index in [0.717, 1.165) is 18.4 Å². The largest absolute Gasteiger partial charge is 0.351 e. The molecule has 1 aromatic carbocycles. The van der Waals surface area contributed by atoms with Crippen LogP contribution in [0.4, 0.5) is 5.95 Å². The lowest BCUT2D eigenvalue weighted by Gasteiger charge is -2.07. The second-order valence-electron chi connectivity index (χ2n) is 5.21. The van der Waals surface area contributed by atoms with E-state index in [0.29, 0.717) is 24.7 Å². The first-order valence-electron chi connectivity index (χ1n) is 7.59. The molecule has 1 aromatic heterocycles. The SMILES string of the molecule is CCCCNC(=O)c1ccnc(NCc2ccc(C)cc2)n1. The van der Waals surface area contributed by atoms with Crippen LogP contribution >= 0.6 is 0 Å². The fourth-order valence-corrected chi connectivity index (χ4v) is 1.93. The molecule has 0 atom stereocenters. The molecule has 0 fully saturated rings. The highest BCUT2D eigenvalue weighted by molar-refractivity contribution is 5.92. The first kappa shape index (κ1) is 15.9. The highest BCUT2D eigenvalue weighted by atomic mass is 16.1. The molecule has 0 spiro atoms. The molecule has 116 valence electrons. The predicted molar refractivity (Wildman–Crippen MR) is 87.8 cm³/mol. The van der Waals surface area contributed by atoms with E-state index >= 15 is 0 Å². The minimum absolute atomic E-state index is 0.158. The number of amides is 1. The highest BCUT2D eigenvalue weighted by Gasteiger charge is 2.07. The average Bonchev–Trinajstić information content (AvgIpc) is 2.55. The number of anilines is 1. The molecule has 0 aliphatic heterocycles. The highest BCUT2D eigenvalue weighted by Crippen LogP contribution is 2.06. The van der Waals surface area contributed by atoms with Crippen molar-refractivity contribution in [1.29, 1.82) is 0 Å². The summed E-state index contributed by atoms with van der Waals surface area (Å²) in [5.41, 5.74) is 2.76. The van der Waals surface area contributed by atoms with Gasteiger partial charge in [0, 0.05) is 19.3 Å². The van der Waals surface area contributed by atoms with Crippen molar-refractivity contribution in [3.05, 3.63) is 53.3 Å². The Labute approximate surface area is 131 Å². The first-order valence-corrected chi connectivity index (χ1v) is 7.59. The molecule has 0 aliphatic rings. The number of hydrogen-bond acceptors (Lipinski definition) is 4. The summed E-state index contributed by atoms with van der Waals surface area (Å²) in [4.78, 5) is 20.4. The van der Waals surface area contributed by atoms with Crippen molar-refractivity contribution >= 4 is 11.9 Å². The summed E-state index contributed by atoms with van der Waals surface area (Å²) in [5.74, 6) is 0.304. The molecule has 2 N–H and O–H groups in total. The van der Waals surface area contributed by atoms with Crippen LogP contribution in [0.15, 0.2) is 36.5 Å².